The molecule has 1 fully saturated rings. The Hall–Kier alpha value is -0.590. The van der Waals surface area contributed by atoms with Crippen LogP contribution in [0.4, 0.5) is 0 Å². The molecule has 0 spiro atoms. The van der Waals surface area contributed by atoms with E-state index in [9.17, 15) is 5.26 Å². The molecule has 3 nitrogen and oxygen atoms in total. The summed E-state index contributed by atoms with van der Waals surface area (Å²) >= 11 is 0. The molecule has 1 atom stereocenters. The maximum Gasteiger partial charge on any atom is 0.0978 e. The second kappa shape index (κ2) is 7.65. The highest BCUT2D eigenvalue weighted by Crippen LogP contribution is 2.12. The molecule has 1 heterocycles. The van der Waals surface area contributed by atoms with E-state index >= 15 is 0 Å². The van der Waals surface area contributed by atoms with Gasteiger partial charge in [-0.05, 0) is 13.5 Å². The molecule has 1 saturated heterocycles. The van der Waals surface area contributed by atoms with Crippen LogP contribution in [0.3, 0.4) is 0 Å². The zero-order chi connectivity index (χ0) is 11.8. The second-order valence-electron chi connectivity index (χ2n) is 4.83. The van der Waals surface area contributed by atoms with Crippen LogP contribution in [0, 0.1) is 11.3 Å². The minimum atomic E-state index is 0.158. The lowest BCUT2D eigenvalue weighted by molar-refractivity contribution is 0.127. The quantitative estimate of drug-likeness (QED) is 0.646. The van der Waals surface area contributed by atoms with Crippen molar-refractivity contribution in [3.63, 3.8) is 0 Å². The molecule has 0 aromatic heterocycles. The van der Waals surface area contributed by atoms with Gasteiger partial charge in [0.1, 0.15) is 0 Å². The normalized spacial score (nSPS) is 20.6. The van der Waals surface area contributed by atoms with Crippen LogP contribution in [-0.2, 0) is 0 Å². The predicted molar refractivity (Wildman–Crippen MR) is 67.2 cm³/mol. The highest BCUT2D eigenvalue weighted by Gasteiger charge is 2.21. The Bertz CT molecular complexity index is 214. The van der Waals surface area contributed by atoms with Crippen molar-refractivity contribution in [1.29, 1.82) is 5.26 Å². The van der Waals surface area contributed by atoms with Crippen molar-refractivity contribution in [3.05, 3.63) is 0 Å². The molecule has 92 valence electrons. The summed E-state index contributed by atoms with van der Waals surface area (Å²) in [4.78, 5) is 4.69. The largest absolute Gasteiger partial charge is 0.304 e. The number of likely N-dealkylation sites (N-methyl/N-ethyl adjacent to an activating group) is 1. The first-order valence-electron chi connectivity index (χ1n) is 6.60. The molecule has 16 heavy (non-hydrogen) atoms. The van der Waals surface area contributed by atoms with Gasteiger partial charge in [-0.15, -0.1) is 0 Å². The topological polar surface area (TPSA) is 30.3 Å². The summed E-state index contributed by atoms with van der Waals surface area (Å²) in [5.74, 6) is 0. The lowest BCUT2D eigenvalue weighted by Crippen LogP contribution is -2.48. The Balaban J connectivity index is 2.23. The number of nitriles is 1. The van der Waals surface area contributed by atoms with E-state index in [1.807, 2.05) is 0 Å². The predicted octanol–water partition coefficient (Wildman–Crippen LogP) is 2.10. The van der Waals surface area contributed by atoms with E-state index in [-0.39, 0.29) is 6.04 Å². The van der Waals surface area contributed by atoms with Gasteiger partial charge in [0.05, 0.1) is 12.1 Å². The van der Waals surface area contributed by atoms with Crippen molar-refractivity contribution in [2.75, 3.05) is 33.2 Å². The molecular formula is C13H25N3. The number of hydrogen-bond acceptors (Lipinski definition) is 3. The van der Waals surface area contributed by atoms with E-state index in [1.165, 1.54) is 25.7 Å². The number of piperazine rings is 1. The van der Waals surface area contributed by atoms with Gasteiger partial charge in [0.15, 0.2) is 0 Å². The molecule has 1 aliphatic heterocycles. The van der Waals surface area contributed by atoms with Gasteiger partial charge in [-0.25, -0.2) is 0 Å². The van der Waals surface area contributed by atoms with Gasteiger partial charge < -0.3 is 4.90 Å². The molecule has 3 heteroatoms. The van der Waals surface area contributed by atoms with Crippen LogP contribution in [0.1, 0.15) is 39.0 Å². The van der Waals surface area contributed by atoms with E-state index < -0.39 is 0 Å². The molecular weight excluding hydrogens is 198 g/mol. The Morgan fingerprint density at radius 1 is 1.12 bits per heavy atom. The summed E-state index contributed by atoms with van der Waals surface area (Å²) in [5, 5.41) is 9.20. The van der Waals surface area contributed by atoms with Crippen molar-refractivity contribution in [1.82, 2.24) is 9.80 Å². The first-order valence-corrected chi connectivity index (χ1v) is 6.60. The third kappa shape index (κ3) is 4.51. The maximum atomic E-state index is 9.20. The van der Waals surface area contributed by atoms with Crippen LogP contribution in [-0.4, -0.2) is 49.1 Å². The zero-order valence-corrected chi connectivity index (χ0v) is 10.8. The van der Waals surface area contributed by atoms with E-state index in [2.05, 4.69) is 29.8 Å². The smallest absolute Gasteiger partial charge is 0.0978 e. The fourth-order valence-corrected chi connectivity index (χ4v) is 2.23. The van der Waals surface area contributed by atoms with Crippen molar-refractivity contribution in [2.24, 2.45) is 0 Å². The average Bonchev–Trinajstić information content (AvgIpc) is 2.31. The number of unbranched alkanes of at least 4 members (excludes halogenated alkanes) is 3. The molecule has 0 radical (unpaired) electrons. The molecule has 0 aliphatic carbocycles. The molecule has 0 aromatic carbocycles. The zero-order valence-electron chi connectivity index (χ0n) is 10.8. The Kier molecular flexibility index (Phi) is 6.44. The first kappa shape index (κ1) is 13.5. The molecule has 1 aliphatic rings. The van der Waals surface area contributed by atoms with Gasteiger partial charge in [0, 0.05) is 26.2 Å². The summed E-state index contributed by atoms with van der Waals surface area (Å²) in [6.07, 6.45) is 6.12. The van der Waals surface area contributed by atoms with E-state index in [0.29, 0.717) is 0 Å². The van der Waals surface area contributed by atoms with E-state index in [0.717, 1.165) is 32.6 Å². The summed E-state index contributed by atoms with van der Waals surface area (Å²) < 4.78 is 0. The Labute approximate surface area is 100 Å². The Morgan fingerprint density at radius 2 is 1.81 bits per heavy atom. The van der Waals surface area contributed by atoms with Crippen molar-refractivity contribution in [2.45, 2.75) is 45.1 Å². The van der Waals surface area contributed by atoms with Gasteiger partial charge in [0.2, 0.25) is 0 Å². The van der Waals surface area contributed by atoms with Crippen LogP contribution >= 0.6 is 0 Å². The molecule has 0 amide bonds. The molecule has 0 saturated carbocycles. The van der Waals surface area contributed by atoms with Gasteiger partial charge in [-0.2, -0.15) is 5.26 Å². The molecule has 1 rings (SSSR count). The van der Waals surface area contributed by atoms with Crippen LogP contribution in [0.25, 0.3) is 0 Å². The van der Waals surface area contributed by atoms with Gasteiger partial charge in [-0.1, -0.05) is 32.6 Å². The fourth-order valence-electron chi connectivity index (χ4n) is 2.23. The molecule has 1 unspecified atom stereocenters. The highest BCUT2D eigenvalue weighted by atomic mass is 15.3. The minimum Gasteiger partial charge on any atom is -0.304 e. The van der Waals surface area contributed by atoms with Gasteiger partial charge in [-0.3, -0.25) is 4.90 Å². The third-order valence-corrected chi connectivity index (χ3v) is 3.46. The maximum absolute atomic E-state index is 9.20. The average molecular weight is 223 g/mol. The number of hydrogen-bond donors (Lipinski definition) is 0. The van der Waals surface area contributed by atoms with Crippen LogP contribution in [0.2, 0.25) is 0 Å². The Morgan fingerprint density at radius 3 is 2.38 bits per heavy atom. The fraction of sp³-hybridized carbons (Fsp3) is 0.923. The van der Waals surface area contributed by atoms with Crippen molar-refractivity contribution in [3.8, 4) is 6.07 Å². The summed E-state index contributed by atoms with van der Waals surface area (Å²) in [6, 6.07) is 2.63. The van der Waals surface area contributed by atoms with Gasteiger partial charge in [0.25, 0.3) is 0 Å². The van der Waals surface area contributed by atoms with E-state index in [4.69, 9.17) is 0 Å². The monoisotopic (exact) mass is 223 g/mol. The lowest BCUT2D eigenvalue weighted by Gasteiger charge is -2.35. The molecule has 0 aromatic rings. The summed E-state index contributed by atoms with van der Waals surface area (Å²) in [7, 11) is 2.15. The lowest BCUT2D eigenvalue weighted by atomic mass is 10.1. The van der Waals surface area contributed by atoms with Crippen LogP contribution in [0.15, 0.2) is 0 Å². The SMILES string of the molecule is CCCCCCC(C#N)N1CCN(C)CC1. The minimum absolute atomic E-state index is 0.158. The van der Waals surface area contributed by atoms with Gasteiger partial charge >= 0.3 is 0 Å². The van der Waals surface area contributed by atoms with Crippen molar-refractivity contribution < 1.29 is 0 Å². The summed E-state index contributed by atoms with van der Waals surface area (Å²) in [6.45, 7) is 6.55. The highest BCUT2D eigenvalue weighted by molar-refractivity contribution is 4.93. The second-order valence-corrected chi connectivity index (χ2v) is 4.83. The third-order valence-electron chi connectivity index (χ3n) is 3.46. The standard InChI is InChI=1S/C13H25N3/c1-3-4-5-6-7-13(12-14)16-10-8-15(2)9-11-16/h13H,3-11H2,1-2H3. The van der Waals surface area contributed by atoms with Crippen LogP contribution in [0.5, 0.6) is 0 Å². The molecule has 0 N–H and O–H groups in total. The number of rotatable bonds is 6. The number of nitrogens with zero attached hydrogens (tertiary/aromatic N) is 3. The molecule has 0 bridgehead atoms. The van der Waals surface area contributed by atoms with Crippen LogP contribution < -0.4 is 0 Å². The van der Waals surface area contributed by atoms with Crippen molar-refractivity contribution >= 4 is 0 Å². The summed E-state index contributed by atoms with van der Waals surface area (Å²) in [5.41, 5.74) is 0. The van der Waals surface area contributed by atoms with E-state index in [1.54, 1.807) is 0 Å². The first-order chi connectivity index (χ1) is 7.77.